The average Bonchev–Trinajstić information content (AvgIpc) is 2.68. The molecule has 0 aromatic carbocycles. The van der Waals surface area contributed by atoms with E-state index in [0.717, 1.165) is 50.7 Å². The van der Waals surface area contributed by atoms with Crippen molar-refractivity contribution in [1.82, 2.24) is 15.3 Å². The molecule has 1 unspecified atom stereocenters. The van der Waals surface area contributed by atoms with Crippen LogP contribution in [0.25, 0.3) is 0 Å². The summed E-state index contributed by atoms with van der Waals surface area (Å²) in [4.78, 5) is 26.1. The van der Waals surface area contributed by atoms with Gasteiger partial charge in [0.05, 0.1) is 0 Å². The van der Waals surface area contributed by atoms with E-state index in [4.69, 9.17) is 0 Å². The van der Waals surface area contributed by atoms with Gasteiger partial charge in [0.1, 0.15) is 18.0 Å². The quantitative estimate of drug-likeness (QED) is 0.876. The number of hydrogen-bond donors (Lipinski definition) is 1. The maximum atomic E-state index is 12.5. The molecule has 0 bridgehead atoms. The van der Waals surface area contributed by atoms with E-state index in [0.29, 0.717) is 5.92 Å². The van der Waals surface area contributed by atoms with Crippen molar-refractivity contribution in [2.75, 3.05) is 36.0 Å². The van der Waals surface area contributed by atoms with E-state index in [2.05, 4.69) is 51.9 Å². The van der Waals surface area contributed by atoms with Gasteiger partial charge in [-0.25, -0.2) is 9.97 Å². The Labute approximate surface area is 157 Å². The predicted octanol–water partition coefficient (Wildman–Crippen LogP) is 2.84. The molecule has 1 atom stereocenters. The van der Waals surface area contributed by atoms with Crippen LogP contribution in [0, 0.1) is 11.8 Å². The molecule has 1 N–H and O–H groups in total. The molecule has 144 valence electrons. The van der Waals surface area contributed by atoms with Gasteiger partial charge in [0.25, 0.3) is 0 Å². The molecule has 3 rings (SSSR count). The standard InChI is InChI=1S/C20H33N5O/c1-15(2)16(3)23-20(26)17-7-11-25(12-8-17)19-13-18(21-14-22-19)24-9-5-4-6-10-24/h13-17H,4-12H2,1-3H3,(H,23,26). The van der Waals surface area contributed by atoms with Gasteiger partial charge in [-0.15, -0.1) is 0 Å². The van der Waals surface area contributed by atoms with E-state index in [1.54, 1.807) is 6.33 Å². The number of rotatable bonds is 5. The van der Waals surface area contributed by atoms with E-state index >= 15 is 0 Å². The third-order valence-electron chi connectivity index (χ3n) is 5.88. The van der Waals surface area contributed by atoms with Gasteiger partial charge >= 0.3 is 0 Å². The molecule has 26 heavy (non-hydrogen) atoms. The highest BCUT2D eigenvalue weighted by atomic mass is 16.1. The van der Waals surface area contributed by atoms with E-state index in [-0.39, 0.29) is 17.9 Å². The molecule has 1 aromatic heterocycles. The molecule has 1 amide bonds. The summed E-state index contributed by atoms with van der Waals surface area (Å²) >= 11 is 0. The number of carbonyl (C=O) groups is 1. The molecule has 1 aromatic rings. The Morgan fingerprint density at radius 3 is 2.15 bits per heavy atom. The van der Waals surface area contributed by atoms with Gasteiger partial charge in [0.2, 0.25) is 5.91 Å². The van der Waals surface area contributed by atoms with E-state index in [1.807, 2.05) is 0 Å². The monoisotopic (exact) mass is 359 g/mol. The van der Waals surface area contributed by atoms with Crippen LogP contribution in [0.15, 0.2) is 12.4 Å². The van der Waals surface area contributed by atoms with Crippen LogP contribution in [0.5, 0.6) is 0 Å². The van der Waals surface area contributed by atoms with Crippen LogP contribution in [0.4, 0.5) is 11.6 Å². The molecule has 2 fully saturated rings. The van der Waals surface area contributed by atoms with Gasteiger partial charge in [-0.2, -0.15) is 0 Å². The molecular formula is C20H33N5O. The molecule has 0 spiro atoms. The van der Waals surface area contributed by atoms with Crippen molar-refractivity contribution < 1.29 is 4.79 Å². The van der Waals surface area contributed by atoms with E-state index in [9.17, 15) is 4.79 Å². The van der Waals surface area contributed by atoms with Crippen LogP contribution in [-0.2, 0) is 4.79 Å². The highest BCUT2D eigenvalue weighted by Crippen LogP contribution is 2.25. The van der Waals surface area contributed by atoms with Crippen molar-refractivity contribution in [3.05, 3.63) is 12.4 Å². The third-order valence-corrected chi connectivity index (χ3v) is 5.88. The fourth-order valence-corrected chi connectivity index (χ4v) is 3.69. The maximum Gasteiger partial charge on any atom is 0.223 e. The highest BCUT2D eigenvalue weighted by Gasteiger charge is 2.27. The fraction of sp³-hybridized carbons (Fsp3) is 0.750. The lowest BCUT2D eigenvalue weighted by Gasteiger charge is -2.34. The molecule has 3 heterocycles. The largest absolute Gasteiger partial charge is 0.356 e. The lowest BCUT2D eigenvalue weighted by molar-refractivity contribution is -0.126. The zero-order valence-corrected chi connectivity index (χ0v) is 16.4. The van der Waals surface area contributed by atoms with Crippen LogP contribution in [-0.4, -0.2) is 48.1 Å². The van der Waals surface area contributed by atoms with Gasteiger partial charge in [0, 0.05) is 44.2 Å². The van der Waals surface area contributed by atoms with E-state index in [1.165, 1.54) is 19.3 Å². The Bertz CT molecular complexity index is 592. The van der Waals surface area contributed by atoms with Crippen molar-refractivity contribution in [1.29, 1.82) is 0 Å². The molecule has 6 heteroatoms. The van der Waals surface area contributed by atoms with Crippen molar-refractivity contribution >= 4 is 17.5 Å². The summed E-state index contributed by atoms with van der Waals surface area (Å²) in [5.74, 6) is 2.84. The highest BCUT2D eigenvalue weighted by molar-refractivity contribution is 5.79. The second kappa shape index (κ2) is 8.69. The summed E-state index contributed by atoms with van der Waals surface area (Å²) in [6.45, 7) is 10.3. The van der Waals surface area contributed by atoms with Crippen LogP contribution < -0.4 is 15.1 Å². The summed E-state index contributed by atoms with van der Waals surface area (Å²) in [6.07, 6.45) is 7.27. The number of carbonyl (C=O) groups excluding carboxylic acids is 1. The van der Waals surface area contributed by atoms with Crippen LogP contribution in [0.1, 0.15) is 52.9 Å². The third kappa shape index (κ3) is 4.65. The molecular weight excluding hydrogens is 326 g/mol. The molecule has 0 saturated carbocycles. The summed E-state index contributed by atoms with van der Waals surface area (Å²) in [6, 6.07) is 2.35. The normalized spacial score (nSPS) is 20.3. The number of aromatic nitrogens is 2. The summed E-state index contributed by atoms with van der Waals surface area (Å²) in [7, 11) is 0. The first-order chi connectivity index (χ1) is 12.5. The van der Waals surface area contributed by atoms with Crippen molar-refractivity contribution in [3.63, 3.8) is 0 Å². The molecule has 2 aliphatic rings. The van der Waals surface area contributed by atoms with Crippen molar-refractivity contribution in [3.8, 4) is 0 Å². The Morgan fingerprint density at radius 1 is 1.00 bits per heavy atom. The molecule has 0 aliphatic carbocycles. The van der Waals surface area contributed by atoms with Crippen LogP contribution in [0.3, 0.4) is 0 Å². The molecule has 2 aliphatic heterocycles. The lowest BCUT2D eigenvalue weighted by Crippen LogP contribution is -2.44. The first-order valence-electron chi connectivity index (χ1n) is 10.2. The predicted molar refractivity (Wildman–Crippen MR) is 105 cm³/mol. The Morgan fingerprint density at radius 2 is 1.58 bits per heavy atom. The summed E-state index contributed by atoms with van der Waals surface area (Å²) in [5, 5.41) is 3.17. The average molecular weight is 360 g/mol. The van der Waals surface area contributed by atoms with E-state index < -0.39 is 0 Å². The maximum absolute atomic E-state index is 12.5. The van der Waals surface area contributed by atoms with Crippen molar-refractivity contribution in [2.45, 2.75) is 58.9 Å². The first-order valence-corrected chi connectivity index (χ1v) is 10.2. The van der Waals surface area contributed by atoms with Gasteiger partial charge in [-0.05, 0) is 44.9 Å². The zero-order valence-electron chi connectivity index (χ0n) is 16.4. The Kier molecular flexibility index (Phi) is 6.33. The minimum atomic E-state index is 0.121. The number of nitrogens with zero attached hydrogens (tertiary/aromatic N) is 4. The Balaban J connectivity index is 1.55. The molecule has 6 nitrogen and oxygen atoms in total. The summed E-state index contributed by atoms with van der Waals surface area (Å²) in [5.41, 5.74) is 0. The SMILES string of the molecule is CC(C)C(C)NC(=O)C1CCN(c2cc(N3CCCCC3)ncn2)CC1. The minimum absolute atomic E-state index is 0.121. The van der Waals surface area contributed by atoms with Gasteiger partial charge in [0.15, 0.2) is 0 Å². The smallest absolute Gasteiger partial charge is 0.223 e. The minimum Gasteiger partial charge on any atom is -0.356 e. The van der Waals surface area contributed by atoms with Crippen LogP contribution >= 0.6 is 0 Å². The molecule has 0 radical (unpaired) electrons. The second-order valence-electron chi connectivity index (χ2n) is 8.08. The van der Waals surface area contributed by atoms with Crippen molar-refractivity contribution in [2.24, 2.45) is 11.8 Å². The number of nitrogens with one attached hydrogen (secondary N) is 1. The Hall–Kier alpha value is -1.85. The number of anilines is 2. The summed E-state index contributed by atoms with van der Waals surface area (Å²) < 4.78 is 0. The number of hydrogen-bond acceptors (Lipinski definition) is 5. The van der Waals surface area contributed by atoms with Gasteiger partial charge in [-0.1, -0.05) is 13.8 Å². The fourth-order valence-electron chi connectivity index (χ4n) is 3.69. The van der Waals surface area contributed by atoms with Crippen LogP contribution in [0.2, 0.25) is 0 Å². The van der Waals surface area contributed by atoms with Gasteiger partial charge in [-0.3, -0.25) is 4.79 Å². The lowest BCUT2D eigenvalue weighted by atomic mass is 9.95. The van der Waals surface area contributed by atoms with Gasteiger partial charge < -0.3 is 15.1 Å². The number of piperidine rings is 2. The number of amides is 1. The topological polar surface area (TPSA) is 61.4 Å². The molecule has 2 saturated heterocycles. The first kappa shape index (κ1) is 18.9. The second-order valence-corrected chi connectivity index (χ2v) is 8.08. The zero-order chi connectivity index (χ0) is 18.5.